The summed E-state index contributed by atoms with van der Waals surface area (Å²) in [6.07, 6.45) is 2.74. The van der Waals surface area contributed by atoms with Crippen molar-refractivity contribution in [3.63, 3.8) is 0 Å². The van der Waals surface area contributed by atoms with E-state index in [9.17, 15) is 18.8 Å². The largest absolute Gasteiger partial charge is 0.351 e. The van der Waals surface area contributed by atoms with Gasteiger partial charge in [0, 0.05) is 24.5 Å². The third-order valence-corrected chi connectivity index (χ3v) is 6.90. The molecule has 1 aromatic heterocycles. The highest BCUT2D eigenvalue weighted by Crippen LogP contribution is 2.50. The molecule has 7 nitrogen and oxygen atoms in total. The summed E-state index contributed by atoms with van der Waals surface area (Å²) in [6, 6.07) is 10.2. The highest BCUT2D eigenvalue weighted by Gasteiger charge is 2.56. The van der Waals surface area contributed by atoms with Crippen molar-refractivity contribution in [1.29, 1.82) is 0 Å². The lowest BCUT2D eigenvalue weighted by Gasteiger charge is -2.26. The number of hydrogen-bond acceptors (Lipinski definition) is 3. The standard InChI is InChI=1S/C24H22ClFN4O3/c25-17-6-3-4-13(21(17)26)8-9-20(31)22-16-10-14(16)11-30(22)24(33)28-18-12-29(23(27)32)19-7-2-1-5-15(18)19/h1-7,12,14,16,22H,8-11H2,(H2,27,32)(H,28,33)/t14-,16-,22+/m1/s1. The molecule has 0 bridgehead atoms. The molecule has 2 aliphatic rings. The van der Waals surface area contributed by atoms with E-state index in [2.05, 4.69) is 5.32 Å². The van der Waals surface area contributed by atoms with Crippen LogP contribution < -0.4 is 11.1 Å². The van der Waals surface area contributed by atoms with Crippen LogP contribution in [0.15, 0.2) is 48.7 Å². The lowest BCUT2D eigenvalue weighted by atomic mass is 10.00. The van der Waals surface area contributed by atoms with E-state index >= 15 is 0 Å². The summed E-state index contributed by atoms with van der Waals surface area (Å²) in [4.78, 5) is 39.6. The molecule has 1 aliphatic carbocycles. The molecule has 2 fully saturated rings. The number of amides is 3. The molecule has 0 radical (unpaired) electrons. The summed E-state index contributed by atoms with van der Waals surface area (Å²) >= 11 is 5.84. The normalized spacial score (nSPS) is 21.2. The second kappa shape index (κ2) is 8.19. The second-order valence-electron chi connectivity index (χ2n) is 8.63. The van der Waals surface area contributed by atoms with Gasteiger partial charge in [-0.1, -0.05) is 41.9 Å². The number of piperidine rings is 1. The van der Waals surface area contributed by atoms with E-state index in [1.165, 1.54) is 16.8 Å². The number of nitrogens with one attached hydrogen (secondary N) is 1. The van der Waals surface area contributed by atoms with Crippen molar-refractivity contribution in [2.45, 2.75) is 25.3 Å². The number of anilines is 1. The zero-order valence-corrected chi connectivity index (χ0v) is 18.4. The Morgan fingerprint density at radius 1 is 1.15 bits per heavy atom. The maximum absolute atomic E-state index is 14.2. The number of primary amides is 1. The highest BCUT2D eigenvalue weighted by atomic mass is 35.5. The molecule has 5 rings (SSSR count). The predicted molar refractivity (Wildman–Crippen MR) is 123 cm³/mol. The molecule has 9 heteroatoms. The van der Waals surface area contributed by atoms with Gasteiger partial charge in [0.25, 0.3) is 0 Å². The summed E-state index contributed by atoms with van der Waals surface area (Å²) in [5, 5.41) is 3.55. The van der Waals surface area contributed by atoms with E-state index in [0.717, 1.165) is 6.42 Å². The van der Waals surface area contributed by atoms with Crippen LogP contribution in [-0.4, -0.2) is 39.9 Å². The third kappa shape index (κ3) is 3.84. The van der Waals surface area contributed by atoms with Crippen molar-refractivity contribution < 1.29 is 18.8 Å². The molecule has 33 heavy (non-hydrogen) atoms. The predicted octanol–water partition coefficient (Wildman–Crippen LogP) is 4.41. The first-order chi connectivity index (χ1) is 15.8. The average molecular weight is 469 g/mol. The molecule has 1 saturated heterocycles. The minimum atomic E-state index is -0.657. The Bertz CT molecular complexity index is 1290. The SMILES string of the molecule is NC(=O)n1cc(NC(=O)N2C[C@H]3C[C@H]3[C@H]2C(=O)CCc2cccc(Cl)c2F)c2ccccc21. The fourth-order valence-electron chi connectivity index (χ4n) is 4.88. The van der Waals surface area contributed by atoms with Crippen LogP contribution in [0.5, 0.6) is 0 Å². The van der Waals surface area contributed by atoms with Crippen LogP contribution in [0.2, 0.25) is 5.02 Å². The topological polar surface area (TPSA) is 97.4 Å². The Labute approximate surface area is 194 Å². The van der Waals surface area contributed by atoms with Gasteiger partial charge in [-0.25, -0.2) is 14.0 Å². The van der Waals surface area contributed by atoms with E-state index in [1.54, 1.807) is 41.3 Å². The number of benzene rings is 2. The van der Waals surface area contributed by atoms with Gasteiger partial charge in [-0.05, 0) is 42.4 Å². The minimum Gasteiger partial charge on any atom is -0.351 e. The number of hydrogen-bond donors (Lipinski definition) is 2. The highest BCUT2D eigenvalue weighted by molar-refractivity contribution is 6.30. The fraction of sp³-hybridized carbons (Fsp3) is 0.292. The molecule has 2 heterocycles. The van der Waals surface area contributed by atoms with Crippen molar-refractivity contribution in [1.82, 2.24) is 9.47 Å². The van der Waals surface area contributed by atoms with Crippen LogP contribution >= 0.6 is 11.6 Å². The van der Waals surface area contributed by atoms with Crippen molar-refractivity contribution in [2.24, 2.45) is 17.6 Å². The molecule has 3 amide bonds. The molecule has 3 aromatic rings. The van der Waals surface area contributed by atoms with Crippen molar-refractivity contribution in [3.8, 4) is 0 Å². The van der Waals surface area contributed by atoms with Crippen LogP contribution in [-0.2, 0) is 11.2 Å². The molecule has 1 aliphatic heterocycles. The zero-order valence-electron chi connectivity index (χ0n) is 17.6. The van der Waals surface area contributed by atoms with Gasteiger partial charge in [0.15, 0.2) is 5.78 Å². The zero-order chi connectivity index (χ0) is 23.3. The number of carbonyl (C=O) groups excluding carboxylic acids is 3. The van der Waals surface area contributed by atoms with Crippen molar-refractivity contribution >= 4 is 46.0 Å². The Morgan fingerprint density at radius 3 is 2.73 bits per heavy atom. The number of halogens is 2. The van der Waals surface area contributed by atoms with Gasteiger partial charge >= 0.3 is 12.1 Å². The van der Waals surface area contributed by atoms with Crippen LogP contribution in [0.1, 0.15) is 18.4 Å². The first-order valence-electron chi connectivity index (χ1n) is 10.8. The number of para-hydroxylation sites is 1. The number of aromatic nitrogens is 1. The third-order valence-electron chi connectivity index (χ3n) is 6.60. The van der Waals surface area contributed by atoms with Gasteiger partial charge in [-0.2, -0.15) is 0 Å². The van der Waals surface area contributed by atoms with Crippen LogP contribution in [0.3, 0.4) is 0 Å². The molecule has 2 aromatic carbocycles. The molecule has 1 saturated carbocycles. The number of ketones is 1. The van der Waals surface area contributed by atoms with Gasteiger partial charge in [-0.3, -0.25) is 9.36 Å². The Kier molecular flexibility index (Phi) is 5.32. The van der Waals surface area contributed by atoms with E-state index in [-0.39, 0.29) is 29.6 Å². The summed E-state index contributed by atoms with van der Waals surface area (Å²) in [6.45, 7) is 0.493. The van der Waals surface area contributed by atoms with Gasteiger partial charge < -0.3 is 16.0 Å². The van der Waals surface area contributed by atoms with Crippen LogP contribution in [0, 0.1) is 17.7 Å². The van der Waals surface area contributed by atoms with Gasteiger partial charge in [0.05, 0.1) is 22.3 Å². The Morgan fingerprint density at radius 2 is 1.94 bits per heavy atom. The smallest absolute Gasteiger partial charge is 0.323 e. The first kappa shape index (κ1) is 21.5. The van der Waals surface area contributed by atoms with Gasteiger partial charge in [-0.15, -0.1) is 0 Å². The molecular weight excluding hydrogens is 447 g/mol. The van der Waals surface area contributed by atoms with Crippen LogP contribution in [0.4, 0.5) is 19.7 Å². The minimum absolute atomic E-state index is 0.0270. The summed E-state index contributed by atoms with van der Waals surface area (Å²) in [7, 11) is 0. The lowest BCUT2D eigenvalue weighted by Crippen LogP contribution is -2.45. The average Bonchev–Trinajstić information content (AvgIpc) is 3.30. The van der Waals surface area contributed by atoms with Gasteiger partial charge in [0.1, 0.15) is 5.82 Å². The van der Waals surface area contributed by atoms with Crippen molar-refractivity contribution in [2.75, 3.05) is 11.9 Å². The maximum atomic E-state index is 14.2. The molecule has 3 N–H and O–H groups in total. The van der Waals surface area contributed by atoms with Crippen LogP contribution in [0.25, 0.3) is 10.9 Å². The van der Waals surface area contributed by atoms with E-state index in [1.807, 2.05) is 0 Å². The lowest BCUT2D eigenvalue weighted by molar-refractivity contribution is -0.123. The summed E-state index contributed by atoms with van der Waals surface area (Å²) in [5.41, 5.74) is 6.87. The number of rotatable bonds is 5. The summed E-state index contributed by atoms with van der Waals surface area (Å²) < 4.78 is 15.5. The Balaban J connectivity index is 1.32. The fourth-order valence-corrected chi connectivity index (χ4v) is 5.08. The number of carbonyl (C=O) groups is 3. The second-order valence-corrected chi connectivity index (χ2v) is 9.04. The van der Waals surface area contributed by atoms with Gasteiger partial charge in [0.2, 0.25) is 0 Å². The summed E-state index contributed by atoms with van der Waals surface area (Å²) in [5.74, 6) is -0.156. The number of aryl methyl sites for hydroxylation is 1. The quantitative estimate of drug-likeness (QED) is 0.580. The molecule has 3 atom stereocenters. The van der Waals surface area contributed by atoms with E-state index < -0.39 is 23.9 Å². The number of Topliss-reactive ketones (excluding diaryl/α,β-unsaturated/α-hetero) is 1. The number of nitrogens with zero attached hydrogens (tertiary/aromatic N) is 2. The number of fused-ring (bicyclic) bond motifs is 2. The molecule has 170 valence electrons. The number of urea groups is 1. The number of likely N-dealkylation sites (tertiary alicyclic amines) is 1. The number of nitrogens with two attached hydrogens (primary N) is 1. The molecular formula is C24H22ClFN4O3. The first-order valence-corrected chi connectivity index (χ1v) is 11.2. The maximum Gasteiger partial charge on any atom is 0.323 e. The van der Waals surface area contributed by atoms with E-state index in [4.69, 9.17) is 17.3 Å². The van der Waals surface area contributed by atoms with Crippen molar-refractivity contribution in [3.05, 3.63) is 65.1 Å². The molecule has 0 unspecified atom stereocenters. The Hall–Kier alpha value is -3.39. The van der Waals surface area contributed by atoms with E-state index in [0.29, 0.717) is 34.6 Å². The monoisotopic (exact) mass is 468 g/mol. The molecule has 0 spiro atoms.